The predicted molar refractivity (Wildman–Crippen MR) is 108 cm³/mol. The second-order valence-electron chi connectivity index (χ2n) is 7.45. The summed E-state index contributed by atoms with van der Waals surface area (Å²) in [7, 11) is 0. The Morgan fingerprint density at radius 3 is 2.59 bits per heavy atom. The largest absolute Gasteiger partial charge is 0.357 e. The molecule has 0 radical (unpaired) electrons. The number of hydrogen-bond donors (Lipinski definition) is 2. The first-order chi connectivity index (χ1) is 12.9. The number of likely N-dealkylation sites (tertiary alicyclic amines) is 1. The van der Waals surface area contributed by atoms with E-state index in [4.69, 9.17) is 0 Å². The molecule has 1 atom stereocenters. The first-order valence-electron chi connectivity index (χ1n) is 9.75. The molecular formula is C21H32F2N4. The van der Waals surface area contributed by atoms with Crippen LogP contribution < -0.4 is 10.6 Å². The van der Waals surface area contributed by atoms with Crippen molar-refractivity contribution in [1.29, 1.82) is 0 Å². The molecule has 4 nitrogen and oxygen atoms in total. The van der Waals surface area contributed by atoms with E-state index < -0.39 is 11.6 Å². The van der Waals surface area contributed by atoms with Gasteiger partial charge in [0.1, 0.15) is 0 Å². The van der Waals surface area contributed by atoms with Gasteiger partial charge in [-0.2, -0.15) is 0 Å². The summed E-state index contributed by atoms with van der Waals surface area (Å²) in [5.74, 6) is -0.837. The van der Waals surface area contributed by atoms with Gasteiger partial charge in [-0.15, -0.1) is 0 Å². The molecule has 0 saturated carbocycles. The number of aliphatic imine (C=N–C) groups is 1. The van der Waals surface area contributed by atoms with Crippen molar-refractivity contribution in [2.75, 3.05) is 32.7 Å². The van der Waals surface area contributed by atoms with Gasteiger partial charge in [0.25, 0.3) is 0 Å². The first-order valence-corrected chi connectivity index (χ1v) is 9.75. The molecule has 150 valence electrons. The summed E-state index contributed by atoms with van der Waals surface area (Å²) in [5, 5.41) is 6.79. The zero-order valence-corrected chi connectivity index (χ0v) is 16.7. The van der Waals surface area contributed by atoms with Gasteiger partial charge in [-0.05, 0) is 44.4 Å². The van der Waals surface area contributed by atoms with Crippen LogP contribution in [0, 0.1) is 11.6 Å². The molecule has 0 amide bonds. The minimum atomic E-state index is -0.817. The molecule has 27 heavy (non-hydrogen) atoms. The van der Waals surface area contributed by atoms with E-state index in [2.05, 4.69) is 34.0 Å². The fourth-order valence-corrected chi connectivity index (χ4v) is 3.28. The highest BCUT2D eigenvalue weighted by Crippen LogP contribution is 2.18. The van der Waals surface area contributed by atoms with Crippen LogP contribution in [0.1, 0.15) is 45.1 Å². The minimum Gasteiger partial charge on any atom is -0.357 e. The number of piperidine rings is 1. The lowest BCUT2D eigenvalue weighted by atomic mass is 10.0. The van der Waals surface area contributed by atoms with Crippen molar-refractivity contribution in [2.45, 2.75) is 45.6 Å². The fraction of sp³-hybridized carbons (Fsp3) is 0.571. The molecule has 6 heteroatoms. The SMILES string of the molecule is C=C(C)CN1CCC(NC(=NCC(C)c2ccc(F)c(F)c2)NCC)CC1. The Labute approximate surface area is 161 Å². The van der Waals surface area contributed by atoms with Crippen molar-refractivity contribution >= 4 is 5.96 Å². The molecule has 1 heterocycles. The van der Waals surface area contributed by atoms with Crippen LogP contribution in [0.2, 0.25) is 0 Å². The van der Waals surface area contributed by atoms with Gasteiger partial charge in [0.15, 0.2) is 17.6 Å². The first kappa shape index (κ1) is 21.4. The second kappa shape index (κ2) is 10.4. The fourth-order valence-electron chi connectivity index (χ4n) is 3.28. The van der Waals surface area contributed by atoms with Gasteiger partial charge in [0.2, 0.25) is 0 Å². The molecule has 0 aliphatic carbocycles. The van der Waals surface area contributed by atoms with Crippen LogP contribution >= 0.6 is 0 Å². The number of halogens is 2. The topological polar surface area (TPSA) is 39.7 Å². The highest BCUT2D eigenvalue weighted by Gasteiger charge is 2.20. The Hall–Kier alpha value is -1.95. The average molecular weight is 379 g/mol. The van der Waals surface area contributed by atoms with Gasteiger partial charge in [-0.1, -0.05) is 25.1 Å². The number of rotatable bonds is 7. The second-order valence-corrected chi connectivity index (χ2v) is 7.45. The molecule has 0 aromatic heterocycles. The van der Waals surface area contributed by atoms with Gasteiger partial charge in [0, 0.05) is 44.7 Å². The number of benzene rings is 1. The van der Waals surface area contributed by atoms with Crippen LogP contribution in [0.5, 0.6) is 0 Å². The van der Waals surface area contributed by atoms with E-state index in [0.717, 1.165) is 50.5 Å². The van der Waals surface area contributed by atoms with Gasteiger partial charge in [-0.25, -0.2) is 8.78 Å². The summed E-state index contributed by atoms with van der Waals surface area (Å²) in [4.78, 5) is 7.08. The van der Waals surface area contributed by atoms with E-state index in [-0.39, 0.29) is 5.92 Å². The summed E-state index contributed by atoms with van der Waals surface area (Å²) in [6.45, 7) is 14.4. The smallest absolute Gasteiger partial charge is 0.191 e. The number of guanidine groups is 1. The summed E-state index contributed by atoms with van der Waals surface area (Å²) in [6.07, 6.45) is 2.13. The molecule has 2 rings (SSSR count). The molecule has 2 N–H and O–H groups in total. The van der Waals surface area contributed by atoms with Gasteiger partial charge < -0.3 is 10.6 Å². The Kier molecular flexibility index (Phi) is 8.23. The van der Waals surface area contributed by atoms with E-state index in [1.54, 1.807) is 6.07 Å². The molecule has 1 fully saturated rings. The van der Waals surface area contributed by atoms with Gasteiger partial charge in [0.05, 0.1) is 0 Å². The number of nitrogens with one attached hydrogen (secondary N) is 2. The van der Waals surface area contributed by atoms with E-state index in [1.807, 2.05) is 13.8 Å². The molecule has 0 bridgehead atoms. The number of nitrogens with zero attached hydrogens (tertiary/aromatic N) is 2. The third kappa shape index (κ3) is 6.94. The highest BCUT2D eigenvalue weighted by atomic mass is 19.2. The minimum absolute atomic E-state index is 0.00738. The lowest BCUT2D eigenvalue weighted by Gasteiger charge is -2.33. The molecular weight excluding hydrogens is 346 g/mol. The van der Waals surface area contributed by atoms with E-state index in [0.29, 0.717) is 12.6 Å². The Morgan fingerprint density at radius 2 is 2.00 bits per heavy atom. The summed E-state index contributed by atoms with van der Waals surface area (Å²) in [6, 6.07) is 4.44. The number of hydrogen-bond acceptors (Lipinski definition) is 2. The quantitative estimate of drug-likeness (QED) is 0.432. The molecule has 1 aromatic carbocycles. The summed E-state index contributed by atoms with van der Waals surface area (Å²) >= 11 is 0. The zero-order chi connectivity index (χ0) is 19.8. The van der Waals surface area contributed by atoms with Crippen LogP contribution in [0.3, 0.4) is 0 Å². The van der Waals surface area contributed by atoms with E-state index >= 15 is 0 Å². The monoisotopic (exact) mass is 378 g/mol. The molecule has 1 aliphatic rings. The van der Waals surface area contributed by atoms with Crippen LogP contribution in [0.15, 0.2) is 35.3 Å². The summed E-state index contributed by atoms with van der Waals surface area (Å²) < 4.78 is 26.5. The van der Waals surface area contributed by atoms with Crippen molar-refractivity contribution in [3.8, 4) is 0 Å². The lowest BCUT2D eigenvalue weighted by Crippen LogP contribution is -2.49. The zero-order valence-electron chi connectivity index (χ0n) is 16.7. The Morgan fingerprint density at radius 1 is 1.30 bits per heavy atom. The van der Waals surface area contributed by atoms with E-state index in [1.165, 1.54) is 17.7 Å². The van der Waals surface area contributed by atoms with Crippen molar-refractivity contribution in [3.63, 3.8) is 0 Å². The maximum absolute atomic E-state index is 13.4. The van der Waals surface area contributed by atoms with Gasteiger partial charge in [-0.3, -0.25) is 9.89 Å². The van der Waals surface area contributed by atoms with Crippen LogP contribution in [-0.4, -0.2) is 49.6 Å². The molecule has 1 aromatic rings. The van der Waals surface area contributed by atoms with Crippen LogP contribution in [-0.2, 0) is 0 Å². The maximum Gasteiger partial charge on any atom is 0.191 e. The Balaban J connectivity index is 1.90. The molecule has 1 saturated heterocycles. The molecule has 0 spiro atoms. The third-order valence-electron chi connectivity index (χ3n) is 4.80. The third-order valence-corrected chi connectivity index (χ3v) is 4.80. The van der Waals surface area contributed by atoms with Gasteiger partial charge >= 0.3 is 0 Å². The molecule has 1 aliphatic heterocycles. The standard InChI is InChI=1S/C21H32F2N4/c1-5-24-21(26-18-8-10-27(11-9-18)14-15(2)3)25-13-16(4)17-6-7-19(22)20(23)12-17/h6-7,12,16,18H,2,5,8-11,13-14H2,1,3-4H3,(H2,24,25,26). The highest BCUT2D eigenvalue weighted by molar-refractivity contribution is 5.80. The van der Waals surface area contributed by atoms with Crippen LogP contribution in [0.25, 0.3) is 0 Å². The van der Waals surface area contributed by atoms with Crippen molar-refractivity contribution in [3.05, 3.63) is 47.5 Å². The summed E-state index contributed by atoms with van der Waals surface area (Å²) in [5.41, 5.74) is 1.95. The van der Waals surface area contributed by atoms with Crippen LogP contribution in [0.4, 0.5) is 8.78 Å². The van der Waals surface area contributed by atoms with Crippen molar-refractivity contribution < 1.29 is 8.78 Å². The molecule has 1 unspecified atom stereocenters. The lowest BCUT2D eigenvalue weighted by molar-refractivity contribution is 0.221. The van der Waals surface area contributed by atoms with Crippen molar-refractivity contribution in [1.82, 2.24) is 15.5 Å². The van der Waals surface area contributed by atoms with Crippen molar-refractivity contribution in [2.24, 2.45) is 4.99 Å². The average Bonchev–Trinajstić information content (AvgIpc) is 2.63. The normalized spacial score (nSPS) is 17.6. The maximum atomic E-state index is 13.4. The van der Waals surface area contributed by atoms with E-state index in [9.17, 15) is 8.78 Å². The Bertz CT molecular complexity index is 652. The predicted octanol–water partition coefficient (Wildman–Crippen LogP) is 3.66.